The predicted molar refractivity (Wildman–Crippen MR) is 80.3 cm³/mol. The molecule has 0 bridgehead atoms. The topological polar surface area (TPSA) is 89.3 Å². The molecule has 2 heterocycles. The number of nitrogens with two attached hydrogens (primary N) is 1. The highest BCUT2D eigenvalue weighted by atomic mass is 19.1. The van der Waals surface area contributed by atoms with E-state index in [0.29, 0.717) is 27.9 Å². The number of amidine groups is 1. The molecule has 0 aliphatic heterocycles. The molecule has 112 valence electrons. The zero-order valence-electron chi connectivity index (χ0n) is 11.9. The Bertz CT molecular complexity index is 871. The van der Waals surface area contributed by atoms with E-state index in [2.05, 4.69) is 15.2 Å². The first-order valence-electron chi connectivity index (χ1n) is 6.65. The number of fused-ring (bicyclic) bond motifs is 1. The van der Waals surface area contributed by atoms with Crippen LogP contribution in [0.5, 0.6) is 0 Å². The van der Waals surface area contributed by atoms with Crippen LogP contribution in [0.4, 0.5) is 4.39 Å². The van der Waals surface area contributed by atoms with Gasteiger partial charge in [0.2, 0.25) is 0 Å². The van der Waals surface area contributed by atoms with Crippen LogP contribution in [-0.4, -0.2) is 25.8 Å². The summed E-state index contributed by atoms with van der Waals surface area (Å²) in [5.41, 5.74) is 7.58. The van der Waals surface area contributed by atoms with E-state index in [1.54, 1.807) is 48.1 Å². The Morgan fingerprint density at radius 3 is 2.95 bits per heavy atom. The minimum Gasteiger partial charge on any atom is -0.409 e. The van der Waals surface area contributed by atoms with E-state index < -0.39 is 0 Å². The largest absolute Gasteiger partial charge is 0.409 e. The van der Waals surface area contributed by atoms with Crippen LogP contribution in [0.2, 0.25) is 0 Å². The molecule has 3 aromatic rings. The van der Waals surface area contributed by atoms with Crippen molar-refractivity contribution in [2.45, 2.75) is 13.5 Å². The van der Waals surface area contributed by atoms with Crippen LogP contribution in [0.15, 0.2) is 41.7 Å². The summed E-state index contributed by atoms with van der Waals surface area (Å²) in [6.07, 6.45) is 1.61. The van der Waals surface area contributed by atoms with Crippen molar-refractivity contribution in [1.29, 1.82) is 0 Å². The summed E-state index contributed by atoms with van der Waals surface area (Å²) >= 11 is 0. The van der Waals surface area contributed by atoms with Gasteiger partial charge in [-0.15, -0.1) is 0 Å². The third-order valence-corrected chi connectivity index (χ3v) is 3.45. The quantitative estimate of drug-likeness (QED) is 0.335. The number of aromatic nitrogens is 3. The molecule has 0 aliphatic carbocycles. The van der Waals surface area contributed by atoms with E-state index in [9.17, 15) is 4.39 Å². The molecule has 0 atom stereocenters. The van der Waals surface area contributed by atoms with E-state index >= 15 is 0 Å². The minimum atomic E-state index is -0.271. The Balaban J connectivity index is 2.13. The molecule has 0 saturated carbocycles. The van der Waals surface area contributed by atoms with Crippen LogP contribution in [-0.2, 0) is 6.54 Å². The molecule has 2 aromatic heterocycles. The second-order valence-electron chi connectivity index (χ2n) is 4.91. The van der Waals surface area contributed by atoms with Gasteiger partial charge in [0.15, 0.2) is 11.5 Å². The fourth-order valence-corrected chi connectivity index (χ4v) is 2.35. The molecule has 0 unspecified atom stereocenters. The number of nitrogens with zero attached hydrogens (tertiary/aromatic N) is 4. The Kier molecular flexibility index (Phi) is 3.46. The maximum atomic E-state index is 14.2. The van der Waals surface area contributed by atoms with Crippen LogP contribution < -0.4 is 5.73 Å². The molecule has 0 radical (unpaired) electrons. The number of halogens is 1. The van der Waals surface area contributed by atoms with Crippen molar-refractivity contribution >= 4 is 16.9 Å². The number of oxime groups is 1. The summed E-state index contributed by atoms with van der Waals surface area (Å²) < 4.78 is 15.7. The van der Waals surface area contributed by atoms with Gasteiger partial charge in [0, 0.05) is 11.8 Å². The third kappa shape index (κ3) is 2.26. The van der Waals surface area contributed by atoms with Crippen molar-refractivity contribution in [3.05, 3.63) is 59.2 Å². The zero-order valence-corrected chi connectivity index (χ0v) is 11.9. The van der Waals surface area contributed by atoms with Crippen molar-refractivity contribution in [3.8, 4) is 0 Å². The Morgan fingerprint density at radius 2 is 2.18 bits per heavy atom. The zero-order chi connectivity index (χ0) is 15.7. The summed E-state index contributed by atoms with van der Waals surface area (Å²) in [6, 6.07) is 8.70. The number of rotatable bonds is 3. The first-order chi connectivity index (χ1) is 10.6. The molecule has 22 heavy (non-hydrogen) atoms. The lowest BCUT2D eigenvalue weighted by molar-refractivity contribution is 0.318. The lowest BCUT2D eigenvalue weighted by atomic mass is 10.1. The average Bonchev–Trinajstić information content (AvgIpc) is 2.90. The molecular weight excluding hydrogens is 285 g/mol. The first kappa shape index (κ1) is 14.0. The van der Waals surface area contributed by atoms with Gasteiger partial charge < -0.3 is 10.9 Å². The highest BCUT2D eigenvalue weighted by Gasteiger charge is 2.16. The van der Waals surface area contributed by atoms with Crippen LogP contribution >= 0.6 is 0 Å². The lowest BCUT2D eigenvalue weighted by Crippen LogP contribution is -2.15. The van der Waals surface area contributed by atoms with E-state index in [1.807, 2.05) is 0 Å². The highest BCUT2D eigenvalue weighted by Crippen LogP contribution is 2.19. The molecule has 7 heteroatoms. The van der Waals surface area contributed by atoms with Gasteiger partial charge in [-0.25, -0.2) is 14.1 Å². The van der Waals surface area contributed by atoms with Crippen LogP contribution in [0.1, 0.15) is 16.8 Å². The highest BCUT2D eigenvalue weighted by molar-refractivity contribution is 6.05. The molecule has 0 amide bonds. The van der Waals surface area contributed by atoms with E-state index in [0.717, 1.165) is 0 Å². The number of benzene rings is 1. The minimum absolute atomic E-state index is 0.110. The van der Waals surface area contributed by atoms with Crippen LogP contribution in [0.25, 0.3) is 11.0 Å². The number of pyridine rings is 1. The Hall–Kier alpha value is -2.96. The van der Waals surface area contributed by atoms with Gasteiger partial charge in [-0.05, 0) is 24.6 Å². The SMILES string of the molecule is Cc1cccc(Cn2nc(/C(N)=N\O)c3cccnc32)c1F. The average molecular weight is 299 g/mol. The van der Waals surface area contributed by atoms with Crippen LogP contribution in [0, 0.1) is 12.7 Å². The molecule has 6 nitrogen and oxygen atoms in total. The molecule has 0 fully saturated rings. The molecule has 3 rings (SSSR count). The molecule has 3 N–H and O–H groups in total. The standard InChI is InChI=1S/C15H14FN5O/c1-9-4-2-5-10(12(9)16)8-21-15-11(6-3-7-18-15)13(19-21)14(17)20-22/h2-7,22H,8H2,1H3,(H2,17,20). The van der Waals surface area contributed by atoms with Crippen molar-refractivity contribution in [3.63, 3.8) is 0 Å². The molecule has 1 aromatic carbocycles. The number of hydrogen-bond donors (Lipinski definition) is 2. The number of aryl methyl sites for hydroxylation is 1. The van der Waals surface area contributed by atoms with Crippen molar-refractivity contribution in [2.24, 2.45) is 10.9 Å². The van der Waals surface area contributed by atoms with Gasteiger partial charge in [-0.3, -0.25) is 0 Å². The monoisotopic (exact) mass is 299 g/mol. The summed E-state index contributed by atoms with van der Waals surface area (Å²) in [5.74, 6) is -0.381. The Labute approximate surface area is 125 Å². The van der Waals surface area contributed by atoms with Crippen molar-refractivity contribution < 1.29 is 9.60 Å². The fourth-order valence-electron chi connectivity index (χ4n) is 2.35. The lowest BCUT2D eigenvalue weighted by Gasteiger charge is -2.06. The molecule has 0 spiro atoms. The maximum Gasteiger partial charge on any atom is 0.191 e. The summed E-state index contributed by atoms with van der Waals surface area (Å²) in [4.78, 5) is 4.25. The van der Waals surface area contributed by atoms with E-state index in [4.69, 9.17) is 10.9 Å². The second kappa shape index (κ2) is 5.44. The molecule has 0 saturated heterocycles. The maximum absolute atomic E-state index is 14.2. The van der Waals surface area contributed by atoms with Gasteiger partial charge in [0.25, 0.3) is 0 Å². The van der Waals surface area contributed by atoms with Gasteiger partial charge in [0.05, 0.1) is 11.9 Å². The number of hydrogen-bond acceptors (Lipinski definition) is 4. The smallest absolute Gasteiger partial charge is 0.191 e. The van der Waals surface area contributed by atoms with Gasteiger partial charge in [-0.1, -0.05) is 23.4 Å². The van der Waals surface area contributed by atoms with Gasteiger partial charge in [-0.2, -0.15) is 5.10 Å². The normalized spacial score (nSPS) is 12.0. The second-order valence-corrected chi connectivity index (χ2v) is 4.91. The fraction of sp³-hybridized carbons (Fsp3) is 0.133. The summed E-state index contributed by atoms with van der Waals surface area (Å²) in [7, 11) is 0. The summed E-state index contributed by atoms with van der Waals surface area (Å²) in [5, 5.41) is 16.8. The van der Waals surface area contributed by atoms with E-state index in [-0.39, 0.29) is 18.2 Å². The summed E-state index contributed by atoms with van der Waals surface area (Å²) in [6.45, 7) is 1.92. The molecule has 0 aliphatic rings. The van der Waals surface area contributed by atoms with E-state index in [1.165, 1.54) is 0 Å². The van der Waals surface area contributed by atoms with Crippen LogP contribution in [0.3, 0.4) is 0 Å². The third-order valence-electron chi connectivity index (χ3n) is 3.45. The predicted octanol–water partition coefficient (Wildman–Crippen LogP) is 2.02. The Morgan fingerprint density at radius 1 is 1.36 bits per heavy atom. The molecular formula is C15H14FN5O. The van der Waals surface area contributed by atoms with Crippen molar-refractivity contribution in [1.82, 2.24) is 14.8 Å². The van der Waals surface area contributed by atoms with Gasteiger partial charge >= 0.3 is 0 Å². The van der Waals surface area contributed by atoms with Crippen molar-refractivity contribution in [2.75, 3.05) is 0 Å². The van der Waals surface area contributed by atoms with Gasteiger partial charge in [0.1, 0.15) is 11.5 Å². The first-order valence-corrected chi connectivity index (χ1v) is 6.65.